The number of hydrogen-bond acceptors (Lipinski definition) is 5. The normalized spacial score (nSPS) is 12.2. The molecule has 122 valence electrons. The zero-order valence-electron chi connectivity index (χ0n) is 14.0. The number of rotatable bonds is 6. The molecule has 0 saturated heterocycles. The number of pyridine rings is 1. The van der Waals surface area contributed by atoms with Crippen LogP contribution in [0.15, 0.2) is 24.4 Å². The fourth-order valence-electron chi connectivity index (χ4n) is 2.26. The smallest absolute Gasteiger partial charge is 0.159 e. The van der Waals surface area contributed by atoms with Gasteiger partial charge in [0.05, 0.1) is 0 Å². The van der Waals surface area contributed by atoms with Crippen molar-refractivity contribution in [2.45, 2.75) is 39.3 Å². The number of aryl methyl sites for hydroxylation is 1. The van der Waals surface area contributed by atoms with Crippen molar-refractivity contribution in [2.24, 2.45) is 0 Å². The minimum Gasteiger partial charge on any atom is -0.361 e. The lowest BCUT2D eigenvalue weighted by Gasteiger charge is -2.15. The Bertz CT molecular complexity index is 804. The first-order chi connectivity index (χ1) is 10.9. The fourth-order valence-corrected chi connectivity index (χ4v) is 3.01. The molecule has 3 aromatic heterocycles. The molecular weight excluding hydrogens is 308 g/mol. The Morgan fingerprint density at radius 3 is 2.70 bits per heavy atom. The minimum absolute atomic E-state index is 0.513. The molecule has 0 saturated carbocycles. The van der Waals surface area contributed by atoms with Gasteiger partial charge in [-0.25, -0.2) is 4.98 Å². The Kier molecular flexibility index (Phi) is 4.27. The largest absolute Gasteiger partial charge is 0.361 e. The van der Waals surface area contributed by atoms with Gasteiger partial charge in [0.25, 0.3) is 0 Å². The Morgan fingerprint density at radius 2 is 2.00 bits per heavy atom. The number of tetrazole rings is 1. The maximum atomic E-state index is 5.83. The highest BCUT2D eigenvalue weighted by Crippen LogP contribution is 2.17. The van der Waals surface area contributed by atoms with E-state index in [1.54, 1.807) is 4.68 Å². The van der Waals surface area contributed by atoms with Crippen LogP contribution in [0.1, 0.15) is 5.82 Å². The first-order valence-corrected chi connectivity index (χ1v) is 11.4. The molecule has 0 aromatic carbocycles. The van der Waals surface area contributed by atoms with Crippen LogP contribution in [0.2, 0.25) is 25.7 Å². The summed E-state index contributed by atoms with van der Waals surface area (Å²) < 4.78 is 9.47. The van der Waals surface area contributed by atoms with Gasteiger partial charge in [0.2, 0.25) is 0 Å². The molecule has 0 fully saturated rings. The summed E-state index contributed by atoms with van der Waals surface area (Å²) in [6.07, 6.45) is 2.00. The molecule has 0 unspecified atom stereocenters. The molecule has 0 radical (unpaired) electrons. The molecular formula is C15H22N6OSi. The maximum Gasteiger partial charge on any atom is 0.159 e. The van der Waals surface area contributed by atoms with E-state index in [4.69, 9.17) is 4.74 Å². The first kappa shape index (κ1) is 15.8. The van der Waals surface area contributed by atoms with E-state index in [2.05, 4.69) is 40.2 Å². The summed E-state index contributed by atoms with van der Waals surface area (Å²) in [6, 6.07) is 7.15. The summed E-state index contributed by atoms with van der Waals surface area (Å²) in [5.74, 6) is 1.42. The van der Waals surface area contributed by atoms with Crippen LogP contribution in [0.25, 0.3) is 16.9 Å². The molecule has 0 aliphatic carbocycles. The molecule has 7 nitrogen and oxygen atoms in total. The van der Waals surface area contributed by atoms with E-state index in [-0.39, 0.29) is 0 Å². The molecule has 0 spiro atoms. The molecule has 0 atom stereocenters. The van der Waals surface area contributed by atoms with E-state index >= 15 is 0 Å². The van der Waals surface area contributed by atoms with E-state index in [1.165, 1.54) is 0 Å². The summed E-state index contributed by atoms with van der Waals surface area (Å²) in [5.41, 5.74) is 0.880. The van der Waals surface area contributed by atoms with Crippen LogP contribution in [0.4, 0.5) is 0 Å². The number of hydrogen-bond donors (Lipinski definition) is 0. The van der Waals surface area contributed by atoms with E-state index in [9.17, 15) is 0 Å². The van der Waals surface area contributed by atoms with Crippen LogP contribution in [0.3, 0.4) is 0 Å². The molecule has 23 heavy (non-hydrogen) atoms. The van der Waals surface area contributed by atoms with Gasteiger partial charge in [-0.15, -0.1) is 5.10 Å². The van der Waals surface area contributed by atoms with Gasteiger partial charge in [-0.2, -0.15) is 4.68 Å². The van der Waals surface area contributed by atoms with Crippen molar-refractivity contribution in [2.75, 3.05) is 6.61 Å². The highest BCUT2D eigenvalue weighted by molar-refractivity contribution is 6.76. The van der Waals surface area contributed by atoms with Crippen LogP contribution < -0.4 is 0 Å². The van der Waals surface area contributed by atoms with Crippen molar-refractivity contribution < 1.29 is 4.74 Å². The molecule has 0 aliphatic rings. The molecule has 0 amide bonds. The van der Waals surface area contributed by atoms with Gasteiger partial charge in [0.1, 0.15) is 12.4 Å². The predicted molar refractivity (Wildman–Crippen MR) is 91.3 cm³/mol. The first-order valence-electron chi connectivity index (χ1n) is 7.73. The quantitative estimate of drug-likeness (QED) is 0.513. The number of fused-ring (bicyclic) bond motifs is 1. The maximum absolute atomic E-state index is 5.83. The zero-order valence-corrected chi connectivity index (χ0v) is 15.0. The summed E-state index contributed by atoms with van der Waals surface area (Å²) in [5, 5.41) is 12.6. The topological polar surface area (TPSA) is 70.7 Å². The highest BCUT2D eigenvalue weighted by atomic mass is 28.3. The van der Waals surface area contributed by atoms with E-state index in [1.807, 2.05) is 35.9 Å². The Labute approximate surface area is 136 Å². The SMILES string of the molecule is Cc1nnnn1-c1ccc2ccn(COCC[Si](C)(C)C)c2n1. The van der Waals surface area contributed by atoms with Gasteiger partial charge in [-0.05, 0) is 41.6 Å². The Morgan fingerprint density at radius 1 is 1.17 bits per heavy atom. The lowest BCUT2D eigenvalue weighted by molar-refractivity contribution is 0.0899. The third kappa shape index (κ3) is 3.65. The minimum atomic E-state index is -1.06. The van der Waals surface area contributed by atoms with Gasteiger partial charge in [-0.1, -0.05) is 19.6 Å². The predicted octanol–water partition coefficient (Wildman–Crippen LogP) is 2.63. The molecule has 0 N–H and O–H groups in total. The van der Waals surface area contributed by atoms with Gasteiger partial charge >= 0.3 is 0 Å². The third-order valence-corrected chi connectivity index (χ3v) is 5.37. The van der Waals surface area contributed by atoms with Gasteiger partial charge in [0, 0.05) is 26.3 Å². The van der Waals surface area contributed by atoms with Crippen LogP contribution >= 0.6 is 0 Å². The van der Waals surface area contributed by atoms with Crippen molar-refractivity contribution in [3.63, 3.8) is 0 Å². The van der Waals surface area contributed by atoms with Crippen molar-refractivity contribution >= 4 is 19.1 Å². The highest BCUT2D eigenvalue weighted by Gasteiger charge is 2.13. The van der Waals surface area contributed by atoms with Crippen LogP contribution in [0.5, 0.6) is 0 Å². The number of aromatic nitrogens is 6. The van der Waals surface area contributed by atoms with Gasteiger partial charge in [0.15, 0.2) is 11.6 Å². The van der Waals surface area contributed by atoms with Crippen LogP contribution in [-0.2, 0) is 11.5 Å². The lowest BCUT2D eigenvalue weighted by atomic mass is 10.3. The van der Waals surface area contributed by atoms with Crippen LogP contribution in [-0.4, -0.2) is 44.4 Å². The lowest BCUT2D eigenvalue weighted by Crippen LogP contribution is -2.22. The van der Waals surface area contributed by atoms with E-state index in [0.29, 0.717) is 18.4 Å². The molecule has 0 aliphatic heterocycles. The fraction of sp³-hybridized carbons (Fsp3) is 0.467. The van der Waals surface area contributed by atoms with Crippen molar-refractivity contribution in [1.82, 2.24) is 29.8 Å². The second-order valence-electron chi connectivity index (χ2n) is 6.85. The van der Waals surface area contributed by atoms with Gasteiger partial charge in [-0.3, -0.25) is 0 Å². The van der Waals surface area contributed by atoms with Crippen molar-refractivity contribution in [3.05, 3.63) is 30.2 Å². The molecule has 3 heterocycles. The average Bonchev–Trinajstić information content (AvgIpc) is 3.08. The number of ether oxygens (including phenoxy) is 1. The van der Waals surface area contributed by atoms with E-state index < -0.39 is 8.07 Å². The second kappa shape index (κ2) is 6.21. The zero-order chi connectivity index (χ0) is 16.4. The Balaban J connectivity index is 1.78. The third-order valence-electron chi connectivity index (χ3n) is 3.67. The Hall–Kier alpha value is -2.06. The second-order valence-corrected chi connectivity index (χ2v) is 12.5. The molecule has 0 bridgehead atoms. The van der Waals surface area contributed by atoms with Crippen molar-refractivity contribution in [3.8, 4) is 5.82 Å². The average molecular weight is 330 g/mol. The molecule has 8 heteroatoms. The monoisotopic (exact) mass is 330 g/mol. The van der Waals surface area contributed by atoms with Crippen LogP contribution in [0, 0.1) is 6.92 Å². The molecule has 3 aromatic rings. The summed E-state index contributed by atoms with van der Waals surface area (Å²) in [4.78, 5) is 4.68. The summed E-state index contributed by atoms with van der Waals surface area (Å²) >= 11 is 0. The summed E-state index contributed by atoms with van der Waals surface area (Å²) in [7, 11) is -1.06. The standard InChI is InChI=1S/C15H22N6OSi/c1-12-17-18-19-21(12)14-6-5-13-7-8-20(15(13)16-14)11-22-9-10-23(2,3)4/h5-8H,9-11H2,1-4H3. The van der Waals surface area contributed by atoms with E-state index in [0.717, 1.165) is 23.7 Å². The molecule has 3 rings (SSSR count). The number of nitrogens with zero attached hydrogens (tertiary/aromatic N) is 6. The van der Waals surface area contributed by atoms with Gasteiger partial charge < -0.3 is 9.30 Å². The summed E-state index contributed by atoms with van der Waals surface area (Å²) in [6.45, 7) is 10.2. The van der Waals surface area contributed by atoms with Crippen molar-refractivity contribution in [1.29, 1.82) is 0 Å².